The van der Waals surface area contributed by atoms with Gasteiger partial charge in [-0.2, -0.15) is 0 Å². The van der Waals surface area contributed by atoms with Gasteiger partial charge >= 0.3 is 0 Å². The number of unbranched alkanes of at least 4 members (excludes halogenated alkanes) is 1. The zero-order valence-corrected chi connectivity index (χ0v) is 22.3. The van der Waals surface area contributed by atoms with Crippen LogP contribution >= 0.6 is 11.3 Å². The van der Waals surface area contributed by atoms with Crippen LogP contribution < -0.4 is 10.1 Å². The molecule has 0 fully saturated rings. The van der Waals surface area contributed by atoms with Crippen molar-refractivity contribution in [1.82, 2.24) is 15.2 Å². The van der Waals surface area contributed by atoms with Crippen molar-refractivity contribution in [3.05, 3.63) is 117 Å². The highest BCUT2D eigenvalue weighted by molar-refractivity contribution is 7.09. The molecule has 0 spiro atoms. The number of ether oxygens (including phenoxy) is 1. The molecule has 0 aliphatic rings. The van der Waals surface area contributed by atoms with Crippen LogP contribution in [0, 0.1) is 11.6 Å². The van der Waals surface area contributed by atoms with Crippen LogP contribution in [-0.4, -0.2) is 28.3 Å². The summed E-state index contributed by atoms with van der Waals surface area (Å²) in [6, 6.07) is 18.8. The van der Waals surface area contributed by atoms with Gasteiger partial charge in [-0.05, 0) is 66.1 Å². The zero-order valence-electron chi connectivity index (χ0n) is 21.5. The summed E-state index contributed by atoms with van der Waals surface area (Å²) in [5, 5.41) is 4.99. The Hall–Kier alpha value is -4.11. The molecule has 0 aliphatic carbocycles. The third kappa shape index (κ3) is 8.19. The highest BCUT2D eigenvalue weighted by Crippen LogP contribution is 2.20. The molecule has 1 heterocycles. The molecule has 1 N–H and O–H groups in total. The molecule has 0 saturated carbocycles. The van der Waals surface area contributed by atoms with Crippen molar-refractivity contribution in [2.45, 2.75) is 39.4 Å². The molecule has 3 aromatic carbocycles. The SMILES string of the molecule is CCCCOc1ccc(C(=O)N(Cc2ccc(F)cc2)Cc2nc(C(=O)NCc3ccc(F)cc3)cs2)cc1. The minimum Gasteiger partial charge on any atom is -0.494 e. The molecule has 0 atom stereocenters. The number of nitrogens with one attached hydrogen (secondary N) is 1. The van der Waals surface area contributed by atoms with Crippen molar-refractivity contribution in [3.63, 3.8) is 0 Å². The first kappa shape index (κ1) is 27.9. The van der Waals surface area contributed by atoms with Crippen LogP contribution in [0.5, 0.6) is 5.75 Å². The molecule has 0 saturated heterocycles. The molecule has 2 amide bonds. The summed E-state index contributed by atoms with van der Waals surface area (Å²) >= 11 is 1.27. The Bertz CT molecular complexity index is 1370. The summed E-state index contributed by atoms with van der Waals surface area (Å²) in [5.41, 5.74) is 2.24. The van der Waals surface area contributed by atoms with E-state index in [4.69, 9.17) is 4.74 Å². The first-order chi connectivity index (χ1) is 18.9. The topological polar surface area (TPSA) is 71.5 Å². The molecule has 6 nitrogen and oxygen atoms in total. The van der Waals surface area contributed by atoms with Crippen molar-refractivity contribution in [1.29, 1.82) is 0 Å². The molecule has 4 aromatic rings. The Morgan fingerprint density at radius 3 is 2.18 bits per heavy atom. The highest BCUT2D eigenvalue weighted by atomic mass is 32.1. The van der Waals surface area contributed by atoms with Gasteiger partial charge in [0.15, 0.2) is 0 Å². The quantitative estimate of drug-likeness (QED) is 0.208. The summed E-state index contributed by atoms with van der Waals surface area (Å²) in [6.07, 6.45) is 1.98. The molecular formula is C30H29F2N3O3S. The molecule has 9 heteroatoms. The second-order valence-corrected chi connectivity index (χ2v) is 9.89. The molecule has 0 unspecified atom stereocenters. The third-order valence-corrected chi connectivity index (χ3v) is 6.75. The van der Waals surface area contributed by atoms with E-state index < -0.39 is 0 Å². The maximum atomic E-state index is 13.5. The Labute approximate surface area is 230 Å². The van der Waals surface area contributed by atoms with Crippen molar-refractivity contribution < 1.29 is 23.1 Å². The van der Waals surface area contributed by atoms with Crippen LogP contribution in [0.3, 0.4) is 0 Å². The van der Waals surface area contributed by atoms with Gasteiger partial charge < -0.3 is 15.0 Å². The fourth-order valence-electron chi connectivity index (χ4n) is 3.75. The minimum absolute atomic E-state index is 0.168. The highest BCUT2D eigenvalue weighted by Gasteiger charge is 2.20. The number of thiazole rings is 1. The average Bonchev–Trinajstić information content (AvgIpc) is 3.42. The van der Waals surface area contributed by atoms with E-state index in [-0.39, 0.29) is 48.8 Å². The van der Waals surface area contributed by atoms with E-state index in [2.05, 4.69) is 17.2 Å². The van der Waals surface area contributed by atoms with Crippen molar-refractivity contribution in [2.24, 2.45) is 0 Å². The number of aromatic nitrogens is 1. The molecule has 202 valence electrons. The van der Waals surface area contributed by atoms with Gasteiger partial charge in [0, 0.05) is 24.0 Å². The number of hydrogen-bond donors (Lipinski definition) is 1. The van der Waals surface area contributed by atoms with E-state index in [1.54, 1.807) is 58.8 Å². The predicted molar refractivity (Wildman–Crippen MR) is 147 cm³/mol. The molecule has 0 aliphatic heterocycles. The smallest absolute Gasteiger partial charge is 0.271 e. The largest absolute Gasteiger partial charge is 0.494 e. The number of rotatable bonds is 12. The number of amides is 2. The molecule has 1 aromatic heterocycles. The Morgan fingerprint density at radius 1 is 0.897 bits per heavy atom. The van der Waals surface area contributed by atoms with E-state index in [1.165, 1.54) is 35.6 Å². The van der Waals surface area contributed by atoms with E-state index in [0.29, 0.717) is 22.9 Å². The van der Waals surface area contributed by atoms with Crippen molar-refractivity contribution >= 4 is 23.2 Å². The molecule has 39 heavy (non-hydrogen) atoms. The average molecular weight is 550 g/mol. The minimum atomic E-state index is -0.364. The van der Waals surface area contributed by atoms with Crippen LogP contribution in [0.15, 0.2) is 78.2 Å². The third-order valence-electron chi connectivity index (χ3n) is 5.92. The molecule has 0 radical (unpaired) electrons. The van der Waals surface area contributed by atoms with E-state index in [1.807, 2.05) is 0 Å². The number of nitrogens with zero attached hydrogens (tertiary/aromatic N) is 2. The Kier molecular flexibility index (Phi) is 9.74. The lowest BCUT2D eigenvalue weighted by Crippen LogP contribution is -2.30. The van der Waals surface area contributed by atoms with Crippen LogP contribution in [0.2, 0.25) is 0 Å². The number of halogens is 2. The van der Waals surface area contributed by atoms with E-state index >= 15 is 0 Å². The second kappa shape index (κ2) is 13.6. The van der Waals surface area contributed by atoms with Gasteiger partial charge in [0.25, 0.3) is 11.8 Å². The summed E-state index contributed by atoms with van der Waals surface area (Å²) in [6.45, 7) is 3.34. The lowest BCUT2D eigenvalue weighted by molar-refractivity contribution is 0.0730. The normalized spacial score (nSPS) is 10.7. The first-order valence-electron chi connectivity index (χ1n) is 12.6. The second-order valence-electron chi connectivity index (χ2n) is 8.95. The standard InChI is InChI=1S/C30H29F2N3O3S/c1-2-3-16-38-26-14-8-23(9-15-26)30(37)35(18-22-6-12-25(32)13-7-22)19-28-34-27(20-39-28)29(36)33-17-21-4-10-24(31)11-5-21/h4-15,20H,2-3,16-19H2,1H3,(H,33,36). The predicted octanol–water partition coefficient (Wildman–Crippen LogP) is 6.37. The number of carbonyl (C=O) groups is 2. The number of hydrogen-bond acceptors (Lipinski definition) is 5. The zero-order chi connectivity index (χ0) is 27.6. The lowest BCUT2D eigenvalue weighted by Gasteiger charge is -2.22. The van der Waals surface area contributed by atoms with Crippen LogP contribution in [0.1, 0.15) is 56.7 Å². The maximum absolute atomic E-state index is 13.5. The van der Waals surface area contributed by atoms with Crippen molar-refractivity contribution in [2.75, 3.05) is 6.61 Å². The maximum Gasteiger partial charge on any atom is 0.271 e. The summed E-state index contributed by atoms with van der Waals surface area (Å²) in [5.74, 6) is -0.591. The number of benzene rings is 3. The molecule has 4 rings (SSSR count). The van der Waals surface area contributed by atoms with Gasteiger partial charge in [-0.15, -0.1) is 11.3 Å². The van der Waals surface area contributed by atoms with E-state index in [0.717, 1.165) is 24.0 Å². The monoisotopic (exact) mass is 549 g/mol. The fourth-order valence-corrected chi connectivity index (χ4v) is 4.54. The summed E-state index contributed by atoms with van der Waals surface area (Å²) in [4.78, 5) is 32.2. The van der Waals surface area contributed by atoms with Crippen molar-refractivity contribution in [3.8, 4) is 5.75 Å². The lowest BCUT2D eigenvalue weighted by atomic mass is 10.1. The Balaban J connectivity index is 1.45. The Morgan fingerprint density at radius 2 is 1.54 bits per heavy atom. The summed E-state index contributed by atoms with van der Waals surface area (Å²) in [7, 11) is 0. The number of carbonyl (C=O) groups excluding carboxylic acids is 2. The van der Waals surface area contributed by atoms with Gasteiger partial charge in [-0.1, -0.05) is 37.6 Å². The van der Waals surface area contributed by atoms with E-state index in [9.17, 15) is 18.4 Å². The molecule has 0 bridgehead atoms. The van der Waals surface area contributed by atoms with Gasteiger partial charge in [-0.25, -0.2) is 13.8 Å². The van der Waals surface area contributed by atoms with Gasteiger partial charge in [0.05, 0.1) is 13.2 Å². The van der Waals surface area contributed by atoms with Crippen LogP contribution in [0.25, 0.3) is 0 Å². The van der Waals surface area contributed by atoms with Gasteiger partial charge in [-0.3, -0.25) is 9.59 Å². The fraction of sp³-hybridized carbons (Fsp3) is 0.233. The first-order valence-corrected chi connectivity index (χ1v) is 13.5. The van der Waals surface area contributed by atoms with Crippen LogP contribution in [-0.2, 0) is 19.6 Å². The molecular weight excluding hydrogens is 520 g/mol. The summed E-state index contributed by atoms with van der Waals surface area (Å²) < 4.78 is 32.3. The van der Waals surface area contributed by atoms with Gasteiger partial charge in [0.2, 0.25) is 0 Å². The van der Waals surface area contributed by atoms with Crippen LogP contribution in [0.4, 0.5) is 8.78 Å². The van der Waals surface area contributed by atoms with Gasteiger partial charge in [0.1, 0.15) is 28.1 Å².